The summed E-state index contributed by atoms with van der Waals surface area (Å²) >= 11 is -0.169. The first kappa shape index (κ1) is 8.34. The average Bonchev–Trinajstić information content (AvgIpc) is 2.07. The second-order valence-corrected chi connectivity index (χ2v) is 3.19. The Balaban J connectivity index is 2.76. The van der Waals surface area contributed by atoms with Crippen LogP contribution < -0.4 is 24.7 Å². The Labute approximate surface area is 76.6 Å². The molecule has 0 bridgehead atoms. The van der Waals surface area contributed by atoms with Crippen LogP contribution in [0.15, 0.2) is 24.3 Å². The van der Waals surface area contributed by atoms with Gasteiger partial charge in [-0.25, -0.2) is 0 Å². The second kappa shape index (κ2) is 4.19. The van der Waals surface area contributed by atoms with E-state index in [0.29, 0.717) is 5.56 Å². The van der Waals surface area contributed by atoms with Crippen molar-refractivity contribution < 1.29 is 24.7 Å². The fourth-order valence-corrected chi connectivity index (χ4v) is 1.47. The van der Waals surface area contributed by atoms with E-state index < -0.39 is 0 Å². The summed E-state index contributed by atoms with van der Waals surface area (Å²) in [4.78, 5) is 2.04. The van der Waals surface area contributed by atoms with E-state index in [0.717, 1.165) is 5.75 Å². The fraction of sp³-hybridized carbons (Fsp3) is 0.125. The summed E-state index contributed by atoms with van der Waals surface area (Å²) in [5.41, 5.74) is 0.673. The van der Waals surface area contributed by atoms with E-state index in [1.54, 1.807) is 12.1 Å². The molecule has 0 aliphatic heterocycles. The number of alkyl halides is 1. The van der Waals surface area contributed by atoms with E-state index in [-0.39, 0.29) is 21.6 Å². The molecule has 0 atom stereocenters. The maximum atomic E-state index is 8.47. The van der Waals surface area contributed by atoms with Crippen molar-refractivity contribution in [2.24, 2.45) is 0 Å². The topological polar surface area (TPSA) is 33.0 Å². The van der Waals surface area contributed by atoms with Crippen molar-refractivity contribution in [3.05, 3.63) is 29.8 Å². The third-order valence-electron chi connectivity index (χ3n) is 1.15. The molecule has 1 rings (SSSR count). The summed E-state index contributed by atoms with van der Waals surface area (Å²) in [6.07, 6.45) is 0. The number of halogens is 1. The summed E-state index contributed by atoms with van der Waals surface area (Å²) in [5.74, 6) is 0.860. The average molecular weight is 260 g/mol. The monoisotopic (exact) mass is 260 g/mol. The van der Waals surface area contributed by atoms with Gasteiger partial charge in [-0.3, -0.25) is 0 Å². The molecule has 0 amide bonds. The molecule has 0 heterocycles. The van der Waals surface area contributed by atoms with Crippen molar-refractivity contribution in [1.82, 2.24) is 0 Å². The zero-order valence-electron chi connectivity index (χ0n) is 6.04. The molecule has 2 nitrogen and oxygen atoms in total. The van der Waals surface area contributed by atoms with Crippen LogP contribution in [0, 0.1) is 11.3 Å². The van der Waals surface area contributed by atoms with Crippen LogP contribution in [-0.2, 0) is 0 Å². The molecule has 0 aromatic heterocycles. The number of benzene rings is 1. The Morgan fingerprint density at radius 1 is 1.36 bits per heavy atom. The Bertz CT molecular complexity index is 262. The van der Waals surface area contributed by atoms with Gasteiger partial charge in [0.1, 0.15) is 0 Å². The summed E-state index contributed by atoms with van der Waals surface area (Å²) in [6, 6.07) is 9.21. The molecule has 0 spiro atoms. The molecule has 0 radical (unpaired) electrons. The zero-order chi connectivity index (χ0) is 8.10. The van der Waals surface area contributed by atoms with Crippen LogP contribution in [0.1, 0.15) is 5.56 Å². The van der Waals surface area contributed by atoms with Crippen LogP contribution in [0.2, 0.25) is 0 Å². The molecular formula is C8H7INO-. The van der Waals surface area contributed by atoms with Crippen molar-refractivity contribution in [3.63, 3.8) is 0 Å². The van der Waals surface area contributed by atoms with Crippen molar-refractivity contribution in [2.75, 3.05) is 4.93 Å². The van der Waals surface area contributed by atoms with Gasteiger partial charge in [-0.05, 0) is 0 Å². The molecule has 1 aromatic rings. The molecule has 11 heavy (non-hydrogen) atoms. The van der Waals surface area contributed by atoms with Crippen LogP contribution in [0.25, 0.3) is 0 Å². The first-order chi connectivity index (χ1) is 5.36. The van der Waals surface area contributed by atoms with Gasteiger partial charge in [0.25, 0.3) is 0 Å². The van der Waals surface area contributed by atoms with Gasteiger partial charge in [0, 0.05) is 0 Å². The molecule has 1 aromatic carbocycles. The van der Waals surface area contributed by atoms with Crippen LogP contribution >= 0.6 is 0 Å². The van der Waals surface area contributed by atoms with Gasteiger partial charge in [0.05, 0.1) is 0 Å². The van der Waals surface area contributed by atoms with Gasteiger partial charge in [0.2, 0.25) is 0 Å². The van der Waals surface area contributed by atoms with Crippen molar-refractivity contribution in [1.29, 1.82) is 5.26 Å². The van der Waals surface area contributed by atoms with Crippen LogP contribution in [0.4, 0.5) is 0 Å². The molecule has 0 fully saturated rings. The standard InChI is InChI=1S/C8H7INO/c1-9-11-8-4-2-7(6-10)3-5-8/h2-5H,1H3/q-1. The predicted octanol–water partition coefficient (Wildman–Crippen LogP) is -1.43. The van der Waals surface area contributed by atoms with E-state index in [2.05, 4.69) is 0 Å². The molecule has 0 saturated heterocycles. The number of nitrogens with zero attached hydrogens (tertiary/aromatic N) is 1. The minimum atomic E-state index is -0.169. The number of nitriles is 1. The number of hydrogen-bond acceptors (Lipinski definition) is 2. The van der Waals surface area contributed by atoms with Crippen molar-refractivity contribution >= 4 is 0 Å². The summed E-state index contributed by atoms with van der Waals surface area (Å²) in [6.45, 7) is 0. The van der Waals surface area contributed by atoms with E-state index >= 15 is 0 Å². The van der Waals surface area contributed by atoms with E-state index in [1.807, 2.05) is 23.1 Å². The van der Waals surface area contributed by atoms with Crippen LogP contribution in [0.5, 0.6) is 5.75 Å². The van der Waals surface area contributed by atoms with Gasteiger partial charge in [-0.15, -0.1) is 0 Å². The zero-order valence-corrected chi connectivity index (χ0v) is 8.20. The van der Waals surface area contributed by atoms with Crippen molar-refractivity contribution in [3.8, 4) is 11.8 Å². The second-order valence-electron chi connectivity index (χ2n) is 1.87. The molecule has 0 unspecified atom stereocenters. The van der Waals surface area contributed by atoms with E-state index in [9.17, 15) is 0 Å². The molecule has 0 N–H and O–H groups in total. The molecule has 0 aliphatic rings. The summed E-state index contributed by atoms with van der Waals surface area (Å²) in [5, 5.41) is 8.47. The minimum absolute atomic E-state index is 0.169. The predicted molar refractivity (Wildman–Crippen MR) is 37.7 cm³/mol. The molecule has 0 saturated carbocycles. The van der Waals surface area contributed by atoms with Crippen LogP contribution in [-0.4, -0.2) is 4.93 Å². The SMILES string of the molecule is C[I-]Oc1ccc(C#N)cc1. The molecule has 58 valence electrons. The normalized spacial score (nSPS) is 9.09. The van der Waals surface area contributed by atoms with Crippen LogP contribution in [0.3, 0.4) is 0 Å². The third kappa shape index (κ3) is 2.39. The third-order valence-corrected chi connectivity index (χ3v) is 2.10. The van der Waals surface area contributed by atoms with Crippen molar-refractivity contribution in [2.45, 2.75) is 0 Å². The van der Waals surface area contributed by atoms with Gasteiger partial charge in [-0.2, -0.15) is 0 Å². The van der Waals surface area contributed by atoms with Gasteiger partial charge in [-0.1, -0.05) is 0 Å². The maximum absolute atomic E-state index is 8.47. The Morgan fingerprint density at radius 2 is 2.00 bits per heavy atom. The fourth-order valence-electron chi connectivity index (χ4n) is 0.670. The molecule has 0 aliphatic carbocycles. The van der Waals surface area contributed by atoms with E-state index in [4.69, 9.17) is 8.33 Å². The summed E-state index contributed by atoms with van der Waals surface area (Å²) < 4.78 is 5.31. The Kier molecular flexibility index (Phi) is 3.17. The first-order valence-corrected chi connectivity index (χ1v) is 6.07. The van der Waals surface area contributed by atoms with Gasteiger partial charge < -0.3 is 0 Å². The number of rotatable bonds is 2. The Hall–Kier alpha value is -0.760. The summed E-state index contributed by atoms with van der Waals surface area (Å²) in [7, 11) is 0. The number of hydrogen-bond donors (Lipinski definition) is 0. The van der Waals surface area contributed by atoms with E-state index in [1.165, 1.54) is 0 Å². The Morgan fingerprint density at radius 3 is 2.45 bits per heavy atom. The first-order valence-electron chi connectivity index (χ1n) is 3.03. The molecular weight excluding hydrogens is 253 g/mol. The quantitative estimate of drug-likeness (QED) is 0.482. The van der Waals surface area contributed by atoms with Gasteiger partial charge in [0.15, 0.2) is 0 Å². The van der Waals surface area contributed by atoms with Gasteiger partial charge >= 0.3 is 76.5 Å². The molecule has 3 heteroatoms.